The molecule has 2 heterocycles. The smallest absolute Gasteiger partial charge is 0.320 e. The van der Waals surface area contributed by atoms with E-state index in [1.165, 1.54) is 0 Å². The summed E-state index contributed by atoms with van der Waals surface area (Å²) in [6, 6.07) is -0.460. The van der Waals surface area contributed by atoms with Crippen LogP contribution in [0.4, 0.5) is 0 Å². The van der Waals surface area contributed by atoms with Crippen LogP contribution in [-0.4, -0.2) is 42.7 Å². The summed E-state index contributed by atoms with van der Waals surface area (Å²) in [4.78, 5) is 10.7. The fraction of sp³-hybridized carbons (Fsp3) is 0.900. The highest BCUT2D eigenvalue weighted by atomic mass is 16.7. The summed E-state index contributed by atoms with van der Waals surface area (Å²) in [5.74, 6) is -0.800. The molecule has 0 aromatic carbocycles. The molecule has 5 heteroatoms. The zero-order chi connectivity index (χ0) is 10.7. The summed E-state index contributed by atoms with van der Waals surface area (Å²) in [6.07, 6.45) is 3.55. The molecule has 86 valence electrons. The molecule has 0 bridgehead atoms. The van der Waals surface area contributed by atoms with Gasteiger partial charge < -0.3 is 19.9 Å². The Morgan fingerprint density at radius 2 is 2.33 bits per heavy atom. The van der Waals surface area contributed by atoms with Crippen molar-refractivity contribution < 1.29 is 19.4 Å². The molecule has 0 radical (unpaired) electrons. The van der Waals surface area contributed by atoms with Gasteiger partial charge in [-0.1, -0.05) is 0 Å². The summed E-state index contributed by atoms with van der Waals surface area (Å²) in [5.41, 5.74) is 0. The third-order valence-corrected chi connectivity index (χ3v) is 2.87. The molecule has 0 spiro atoms. The van der Waals surface area contributed by atoms with E-state index in [9.17, 15) is 4.79 Å². The Bertz CT molecular complexity index is 227. The molecular formula is C10H17NO4. The summed E-state index contributed by atoms with van der Waals surface area (Å²) in [7, 11) is 0. The van der Waals surface area contributed by atoms with E-state index in [1.807, 2.05) is 0 Å². The average molecular weight is 215 g/mol. The highest BCUT2D eigenvalue weighted by Gasteiger charge is 2.31. The zero-order valence-electron chi connectivity index (χ0n) is 8.65. The van der Waals surface area contributed by atoms with Crippen molar-refractivity contribution in [2.45, 2.75) is 44.1 Å². The van der Waals surface area contributed by atoms with Crippen LogP contribution in [0.15, 0.2) is 0 Å². The van der Waals surface area contributed by atoms with E-state index in [0.29, 0.717) is 13.0 Å². The Morgan fingerprint density at radius 3 is 2.93 bits per heavy atom. The third kappa shape index (κ3) is 2.90. The minimum Gasteiger partial charge on any atom is -0.480 e. The molecule has 2 rings (SSSR count). The molecule has 2 aliphatic heterocycles. The molecule has 2 saturated heterocycles. The largest absolute Gasteiger partial charge is 0.480 e. The highest BCUT2D eigenvalue weighted by Crippen LogP contribution is 2.19. The van der Waals surface area contributed by atoms with Gasteiger partial charge in [-0.2, -0.15) is 0 Å². The van der Waals surface area contributed by atoms with Crippen LogP contribution >= 0.6 is 0 Å². The number of rotatable bonds is 3. The Morgan fingerprint density at radius 1 is 1.47 bits per heavy atom. The number of carbonyl (C=O) groups is 1. The van der Waals surface area contributed by atoms with Gasteiger partial charge in [-0.05, 0) is 19.3 Å². The van der Waals surface area contributed by atoms with E-state index in [1.54, 1.807) is 0 Å². The summed E-state index contributed by atoms with van der Waals surface area (Å²) in [5, 5.41) is 11.7. The number of carboxylic acids is 1. The first-order valence-electron chi connectivity index (χ1n) is 5.49. The number of aliphatic carboxylic acids is 1. The lowest BCUT2D eigenvalue weighted by Crippen LogP contribution is -2.30. The van der Waals surface area contributed by atoms with Crippen molar-refractivity contribution in [3.05, 3.63) is 0 Å². The molecule has 0 aromatic heterocycles. The number of ether oxygens (including phenoxy) is 2. The van der Waals surface area contributed by atoms with Crippen molar-refractivity contribution in [3.63, 3.8) is 0 Å². The van der Waals surface area contributed by atoms with Crippen LogP contribution in [0, 0.1) is 0 Å². The van der Waals surface area contributed by atoms with Crippen LogP contribution < -0.4 is 5.32 Å². The molecule has 3 atom stereocenters. The molecule has 3 unspecified atom stereocenters. The SMILES string of the molecule is O=C(O)C1CC(OC2CCCCO2)CN1. The Hall–Kier alpha value is -0.650. The summed E-state index contributed by atoms with van der Waals surface area (Å²) in [6.45, 7) is 1.37. The van der Waals surface area contributed by atoms with Crippen molar-refractivity contribution in [1.29, 1.82) is 0 Å². The predicted octanol–water partition coefficient (Wildman–Crippen LogP) is 0.345. The fourth-order valence-corrected chi connectivity index (χ4v) is 2.03. The van der Waals surface area contributed by atoms with Crippen LogP contribution in [0.3, 0.4) is 0 Å². The Labute approximate surface area is 88.7 Å². The van der Waals surface area contributed by atoms with Gasteiger partial charge in [0.15, 0.2) is 6.29 Å². The molecular weight excluding hydrogens is 198 g/mol. The van der Waals surface area contributed by atoms with Crippen LogP contribution in [0.5, 0.6) is 0 Å². The van der Waals surface area contributed by atoms with Crippen LogP contribution in [0.2, 0.25) is 0 Å². The van der Waals surface area contributed by atoms with E-state index < -0.39 is 12.0 Å². The highest BCUT2D eigenvalue weighted by molar-refractivity contribution is 5.73. The summed E-state index contributed by atoms with van der Waals surface area (Å²) < 4.78 is 11.1. The number of nitrogens with one attached hydrogen (secondary N) is 1. The van der Waals surface area contributed by atoms with Crippen molar-refractivity contribution in [3.8, 4) is 0 Å². The van der Waals surface area contributed by atoms with Crippen LogP contribution in [0.1, 0.15) is 25.7 Å². The van der Waals surface area contributed by atoms with E-state index in [-0.39, 0.29) is 12.4 Å². The molecule has 0 saturated carbocycles. The summed E-state index contributed by atoms with van der Waals surface area (Å²) >= 11 is 0. The second-order valence-electron chi connectivity index (χ2n) is 4.09. The lowest BCUT2D eigenvalue weighted by molar-refractivity contribution is -0.184. The quantitative estimate of drug-likeness (QED) is 0.710. The molecule has 2 N–H and O–H groups in total. The molecule has 2 fully saturated rings. The van der Waals surface area contributed by atoms with Gasteiger partial charge in [0.1, 0.15) is 6.04 Å². The standard InChI is InChI=1S/C10H17NO4/c12-10(13)8-5-7(6-11-8)15-9-3-1-2-4-14-9/h7-9,11H,1-6H2,(H,12,13). The first-order chi connectivity index (χ1) is 7.25. The normalized spacial score (nSPS) is 36.7. The lowest BCUT2D eigenvalue weighted by atomic mass is 10.2. The minimum absolute atomic E-state index is 0.0193. The van der Waals surface area contributed by atoms with Gasteiger partial charge in [-0.3, -0.25) is 4.79 Å². The van der Waals surface area contributed by atoms with Gasteiger partial charge in [0.05, 0.1) is 6.10 Å². The van der Waals surface area contributed by atoms with Gasteiger partial charge in [-0.25, -0.2) is 0 Å². The molecule has 2 aliphatic rings. The second kappa shape index (κ2) is 4.92. The average Bonchev–Trinajstić information content (AvgIpc) is 2.68. The van der Waals surface area contributed by atoms with Crippen LogP contribution in [0.25, 0.3) is 0 Å². The molecule has 0 aliphatic carbocycles. The second-order valence-corrected chi connectivity index (χ2v) is 4.09. The Balaban J connectivity index is 1.74. The predicted molar refractivity (Wildman–Crippen MR) is 52.5 cm³/mol. The van der Waals surface area contributed by atoms with Crippen molar-refractivity contribution >= 4 is 5.97 Å². The van der Waals surface area contributed by atoms with Gasteiger partial charge in [0, 0.05) is 19.6 Å². The topological polar surface area (TPSA) is 67.8 Å². The number of hydrogen-bond donors (Lipinski definition) is 2. The van der Waals surface area contributed by atoms with Gasteiger partial charge in [-0.15, -0.1) is 0 Å². The van der Waals surface area contributed by atoms with E-state index in [2.05, 4.69) is 5.32 Å². The first-order valence-corrected chi connectivity index (χ1v) is 5.49. The van der Waals surface area contributed by atoms with Crippen molar-refractivity contribution in [1.82, 2.24) is 5.32 Å². The molecule has 5 nitrogen and oxygen atoms in total. The van der Waals surface area contributed by atoms with E-state index in [4.69, 9.17) is 14.6 Å². The number of hydrogen-bond acceptors (Lipinski definition) is 4. The molecule has 15 heavy (non-hydrogen) atoms. The number of carboxylic acid groups (broad SMARTS) is 1. The van der Waals surface area contributed by atoms with E-state index >= 15 is 0 Å². The monoisotopic (exact) mass is 215 g/mol. The van der Waals surface area contributed by atoms with Crippen molar-refractivity contribution in [2.24, 2.45) is 0 Å². The van der Waals surface area contributed by atoms with Gasteiger partial charge >= 0.3 is 5.97 Å². The maximum atomic E-state index is 10.7. The third-order valence-electron chi connectivity index (χ3n) is 2.87. The minimum atomic E-state index is -0.800. The first kappa shape index (κ1) is 10.9. The maximum absolute atomic E-state index is 10.7. The van der Waals surface area contributed by atoms with Gasteiger partial charge in [0.25, 0.3) is 0 Å². The fourth-order valence-electron chi connectivity index (χ4n) is 2.03. The molecule has 0 aromatic rings. The van der Waals surface area contributed by atoms with E-state index in [0.717, 1.165) is 25.9 Å². The van der Waals surface area contributed by atoms with Crippen molar-refractivity contribution in [2.75, 3.05) is 13.2 Å². The maximum Gasteiger partial charge on any atom is 0.320 e. The molecule has 0 amide bonds. The Kier molecular flexibility index (Phi) is 3.56. The van der Waals surface area contributed by atoms with Crippen LogP contribution in [-0.2, 0) is 14.3 Å². The zero-order valence-corrected chi connectivity index (χ0v) is 8.65. The lowest BCUT2D eigenvalue weighted by Gasteiger charge is -2.25. The van der Waals surface area contributed by atoms with Gasteiger partial charge in [0.2, 0.25) is 0 Å².